The van der Waals surface area contributed by atoms with Crippen LogP contribution in [0.1, 0.15) is 56.8 Å². The molecule has 2 aliphatic heterocycles. The van der Waals surface area contributed by atoms with E-state index in [0.29, 0.717) is 5.92 Å². The van der Waals surface area contributed by atoms with Crippen LogP contribution in [0.5, 0.6) is 0 Å². The number of nitrogens with zero attached hydrogens (tertiary/aromatic N) is 3. The van der Waals surface area contributed by atoms with Gasteiger partial charge >= 0.3 is 0 Å². The number of carbonyl (C=O) groups is 1. The van der Waals surface area contributed by atoms with Crippen molar-refractivity contribution >= 4 is 28.1 Å². The zero-order chi connectivity index (χ0) is 20.4. The fourth-order valence-corrected chi connectivity index (χ4v) is 4.73. The predicted octanol–water partition coefficient (Wildman–Crippen LogP) is 5.16. The van der Waals surface area contributed by atoms with Gasteiger partial charge in [0.2, 0.25) is 0 Å². The molecule has 0 N–H and O–H groups in total. The third kappa shape index (κ3) is 4.00. The summed E-state index contributed by atoms with van der Waals surface area (Å²) >= 11 is 0. The molecule has 2 heterocycles. The van der Waals surface area contributed by atoms with Crippen LogP contribution in [-0.2, 0) is 0 Å². The minimum Gasteiger partial charge on any atom is -0.370 e. The fraction of sp³-hybridized carbons (Fsp3) is 0.560. The lowest BCUT2D eigenvalue weighted by atomic mass is 10.0. The summed E-state index contributed by atoms with van der Waals surface area (Å²) in [6.07, 6.45) is 4.78. The minimum absolute atomic E-state index is 0.171. The Bertz CT molecular complexity index is 876. The van der Waals surface area contributed by atoms with Gasteiger partial charge in [-0.1, -0.05) is 39.3 Å². The molecule has 4 nitrogen and oxygen atoms in total. The minimum atomic E-state index is 0.171. The van der Waals surface area contributed by atoms with E-state index in [1.165, 1.54) is 43.4 Å². The molecule has 2 aromatic carbocycles. The van der Waals surface area contributed by atoms with Crippen LogP contribution in [0.25, 0.3) is 10.8 Å². The number of carbonyl (C=O) groups excluding carboxylic acids is 1. The summed E-state index contributed by atoms with van der Waals surface area (Å²) in [5.74, 6) is 0.763. The second-order valence-electron chi connectivity index (χ2n) is 9.01. The van der Waals surface area contributed by atoms with Crippen LogP contribution in [0.2, 0.25) is 0 Å². The highest BCUT2D eigenvalue weighted by atomic mass is 16.2. The molecule has 29 heavy (non-hydrogen) atoms. The van der Waals surface area contributed by atoms with Gasteiger partial charge in [-0.15, -0.1) is 0 Å². The lowest BCUT2D eigenvalue weighted by molar-refractivity contribution is 0.0992. The van der Waals surface area contributed by atoms with E-state index in [2.05, 4.69) is 54.8 Å². The number of amides is 1. The lowest BCUT2D eigenvalue weighted by Gasteiger charge is -2.26. The predicted molar refractivity (Wildman–Crippen MR) is 123 cm³/mol. The van der Waals surface area contributed by atoms with Gasteiger partial charge in [-0.25, -0.2) is 0 Å². The molecule has 0 saturated carbocycles. The molecule has 2 aliphatic rings. The molecular formula is C25H35N3O. The van der Waals surface area contributed by atoms with Crippen LogP contribution >= 0.6 is 0 Å². The first kappa shape index (κ1) is 20.2. The molecule has 1 fully saturated rings. The zero-order valence-electron chi connectivity index (χ0n) is 18.3. The first-order valence-corrected chi connectivity index (χ1v) is 11.4. The van der Waals surface area contributed by atoms with Gasteiger partial charge in [-0.05, 0) is 56.5 Å². The summed E-state index contributed by atoms with van der Waals surface area (Å²) in [6, 6.07) is 10.7. The summed E-state index contributed by atoms with van der Waals surface area (Å²) in [7, 11) is 0. The fourth-order valence-electron chi connectivity index (χ4n) is 4.73. The standard InChI is InChI=1S/C25H35N3O/c1-4-5-13-26-14-7-15-27(18-17-26)22-10-11-23-24-20(22)8-6-9-21(24)25(29)28(23)16-12-19(2)3/h6,8-11,19H,4-5,7,12-18H2,1-3H3. The number of benzene rings is 2. The molecule has 0 radical (unpaired) electrons. The Morgan fingerprint density at radius 2 is 1.79 bits per heavy atom. The Balaban J connectivity index is 1.63. The Morgan fingerprint density at radius 3 is 2.59 bits per heavy atom. The Morgan fingerprint density at radius 1 is 0.966 bits per heavy atom. The lowest BCUT2D eigenvalue weighted by Crippen LogP contribution is -2.31. The van der Waals surface area contributed by atoms with Crippen LogP contribution in [0, 0.1) is 5.92 Å². The quantitative estimate of drug-likeness (QED) is 0.650. The maximum Gasteiger partial charge on any atom is 0.258 e. The SMILES string of the molecule is CCCCN1CCCN(c2ccc3c4c(cccc24)C(=O)N3CCC(C)C)CC1. The molecule has 0 atom stereocenters. The van der Waals surface area contributed by atoms with Crippen molar-refractivity contribution in [3.8, 4) is 0 Å². The van der Waals surface area contributed by atoms with Crippen molar-refractivity contribution in [2.45, 2.75) is 46.5 Å². The van der Waals surface area contributed by atoms with E-state index in [0.717, 1.165) is 49.2 Å². The van der Waals surface area contributed by atoms with Crippen LogP contribution in [-0.4, -0.2) is 50.1 Å². The van der Waals surface area contributed by atoms with E-state index < -0.39 is 0 Å². The summed E-state index contributed by atoms with van der Waals surface area (Å²) in [6.45, 7) is 13.2. The molecule has 1 amide bonds. The number of unbranched alkanes of at least 4 members (excludes halogenated alkanes) is 1. The van der Waals surface area contributed by atoms with Crippen molar-refractivity contribution in [3.63, 3.8) is 0 Å². The topological polar surface area (TPSA) is 26.8 Å². The highest BCUT2D eigenvalue weighted by molar-refractivity contribution is 6.26. The van der Waals surface area contributed by atoms with Gasteiger partial charge < -0.3 is 14.7 Å². The maximum absolute atomic E-state index is 13.1. The molecular weight excluding hydrogens is 358 g/mol. The van der Waals surface area contributed by atoms with Crippen molar-refractivity contribution in [1.29, 1.82) is 0 Å². The van der Waals surface area contributed by atoms with Crippen LogP contribution < -0.4 is 9.80 Å². The molecule has 0 aromatic heterocycles. The highest BCUT2D eigenvalue weighted by Gasteiger charge is 2.31. The average molecular weight is 394 g/mol. The van der Waals surface area contributed by atoms with Crippen molar-refractivity contribution in [2.24, 2.45) is 5.92 Å². The van der Waals surface area contributed by atoms with Gasteiger partial charge in [0.25, 0.3) is 5.91 Å². The molecule has 4 heteroatoms. The summed E-state index contributed by atoms with van der Waals surface area (Å²) in [5.41, 5.74) is 3.27. The first-order valence-electron chi connectivity index (χ1n) is 11.4. The highest BCUT2D eigenvalue weighted by Crippen LogP contribution is 2.42. The van der Waals surface area contributed by atoms with Crippen molar-refractivity contribution in [1.82, 2.24) is 4.90 Å². The molecule has 4 rings (SSSR count). The van der Waals surface area contributed by atoms with E-state index in [4.69, 9.17) is 0 Å². The van der Waals surface area contributed by atoms with E-state index in [-0.39, 0.29) is 5.91 Å². The van der Waals surface area contributed by atoms with E-state index in [9.17, 15) is 4.79 Å². The molecule has 0 unspecified atom stereocenters. The largest absolute Gasteiger partial charge is 0.370 e. The molecule has 0 bridgehead atoms. The van der Waals surface area contributed by atoms with Gasteiger partial charge in [-0.3, -0.25) is 4.79 Å². The summed E-state index contributed by atoms with van der Waals surface area (Å²) in [4.78, 5) is 20.2. The monoisotopic (exact) mass is 393 g/mol. The van der Waals surface area contributed by atoms with E-state index >= 15 is 0 Å². The summed E-state index contributed by atoms with van der Waals surface area (Å²) < 4.78 is 0. The van der Waals surface area contributed by atoms with Crippen LogP contribution in [0.4, 0.5) is 11.4 Å². The number of hydrogen-bond donors (Lipinski definition) is 0. The second-order valence-corrected chi connectivity index (χ2v) is 9.01. The molecule has 0 aliphatic carbocycles. The molecule has 0 spiro atoms. The van der Waals surface area contributed by atoms with E-state index in [1.807, 2.05) is 11.0 Å². The first-order chi connectivity index (χ1) is 14.1. The number of hydrogen-bond acceptors (Lipinski definition) is 3. The van der Waals surface area contributed by atoms with Crippen molar-refractivity contribution in [3.05, 3.63) is 35.9 Å². The Hall–Kier alpha value is -2.07. The Labute approximate surface area is 175 Å². The average Bonchev–Trinajstić information content (AvgIpc) is 2.86. The third-order valence-corrected chi connectivity index (χ3v) is 6.45. The smallest absolute Gasteiger partial charge is 0.258 e. The van der Waals surface area contributed by atoms with Crippen LogP contribution in [0.15, 0.2) is 30.3 Å². The van der Waals surface area contributed by atoms with Gasteiger partial charge in [0, 0.05) is 48.2 Å². The molecule has 1 saturated heterocycles. The third-order valence-electron chi connectivity index (χ3n) is 6.45. The van der Waals surface area contributed by atoms with Crippen LogP contribution in [0.3, 0.4) is 0 Å². The van der Waals surface area contributed by atoms with Gasteiger partial charge in [0.1, 0.15) is 0 Å². The van der Waals surface area contributed by atoms with Gasteiger partial charge in [-0.2, -0.15) is 0 Å². The Kier molecular flexibility index (Phi) is 6.09. The van der Waals surface area contributed by atoms with Crippen molar-refractivity contribution in [2.75, 3.05) is 49.1 Å². The molecule has 2 aromatic rings. The normalized spacial score (nSPS) is 17.6. The summed E-state index contributed by atoms with van der Waals surface area (Å²) in [5, 5.41) is 2.40. The number of anilines is 2. The van der Waals surface area contributed by atoms with Crippen molar-refractivity contribution < 1.29 is 4.79 Å². The van der Waals surface area contributed by atoms with Gasteiger partial charge in [0.05, 0.1) is 5.69 Å². The number of rotatable bonds is 7. The molecule has 156 valence electrons. The van der Waals surface area contributed by atoms with Gasteiger partial charge in [0.15, 0.2) is 0 Å². The second kappa shape index (κ2) is 8.74. The zero-order valence-corrected chi connectivity index (χ0v) is 18.3. The van der Waals surface area contributed by atoms with E-state index in [1.54, 1.807) is 0 Å². The maximum atomic E-state index is 13.1.